The van der Waals surface area contributed by atoms with E-state index < -0.39 is 23.0 Å². The highest BCUT2D eigenvalue weighted by Gasteiger charge is 2.30. The first-order valence-electron chi connectivity index (χ1n) is 17.9. The van der Waals surface area contributed by atoms with Crippen molar-refractivity contribution in [2.45, 2.75) is 49.7 Å². The van der Waals surface area contributed by atoms with Crippen LogP contribution in [0.25, 0.3) is 6.08 Å². The molecule has 5 aromatic rings. The summed E-state index contributed by atoms with van der Waals surface area (Å²) >= 11 is 2.77. The third kappa shape index (κ3) is 9.47. The molecule has 1 aromatic heterocycles. The lowest BCUT2D eigenvalue weighted by Crippen LogP contribution is -2.30. The van der Waals surface area contributed by atoms with Gasteiger partial charge in [0.25, 0.3) is 11.8 Å². The van der Waals surface area contributed by atoms with E-state index in [4.69, 9.17) is 9.47 Å². The molecule has 3 amide bonds. The molecule has 1 atom stereocenters. The molecule has 1 heterocycles. The second kappa shape index (κ2) is 18.4. The molecule has 1 aliphatic carbocycles. The Morgan fingerprint density at radius 3 is 2.30 bits per heavy atom. The van der Waals surface area contributed by atoms with Gasteiger partial charge < -0.3 is 25.4 Å². The second-order valence-corrected chi connectivity index (χ2v) is 14.6. The molecule has 6 rings (SSSR count). The zero-order chi connectivity index (χ0) is 37.9. The zero-order valence-corrected chi connectivity index (χ0v) is 31.7. The summed E-state index contributed by atoms with van der Waals surface area (Å²) in [4.78, 5) is 56.3. The van der Waals surface area contributed by atoms with Crippen LogP contribution in [-0.2, 0) is 27.2 Å². The number of anilines is 2. The molecule has 11 heteroatoms. The van der Waals surface area contributed by atoms with Gasteiger partial charge >= 0.3 is 5.97 Å². The van der Waals surface area contributed by atoms with Gasteiger partial charge in [-0.15, -0.1) is 23.1 Å². The van der Waals surface area contributed by atoms with Crippen LogP contribution in [0.1, 0.15) is 74.2 Å². The van der Waals surface area contributed by atoms with Gasteiger partial charge in [-0.1, -0.05) is 72.8 Å². The SMILES string of the molecule is CCOC(=O)c1c(NC(=O)C(Sc2cccc(NC(=O)/C(=C\c3ccccc3OCC)NC(=O)c3ccccc3)c2)c2ccccc2)sc2c1CCCC2. The summed E-state index contributed by atoms with van der Waals surface area (Å²) in [6, 6.07) is 32.5. The number of aryl methyl sites for hydroxylation is 1. The summed E-state index contributed by atoms with van der Waals surface area (Å²) in [6.45, 7) is 4.31. The Morgan fingerprint density at radius 1 is 0.815 bits per heavy atom. The lowest BCUT2D eigenvalue weighted by atomic mass is 9.95. The quantitative estimate of drug-likeness (QED) is 0.0587. The van der Waals surface area contributed by atoms with Crippen molar-refractivity contribution in [3.63, 3.8) is 0 Å². The van der Waals surface area contributed by atoms with E-state index in [-0.39, 0.29) is 18.2 Å². The molecule has 54 heavy (non-hydrogen) atoms. The third-order valence-corrected chi connectivity index (χ3v) is 11.1. The van der Waals surface area contributed by atoms with Crippen LogP contribution in [0.3, 0.4) is 0 Å². The average molecular weight is 760 g/mol. The normalized spacial score (nSPS) is 12.9. The summed E-state index contributed by atoms with van der Waals surface area (Å²) in [6.07, 6.45) is 5.25. The molecule has 0 aliphatic heterocycles. The number of para-hydroxylation sites is 1. The highest BCUT2D eigenvalue weighted by molar-refractivity contribution is 8.00. The number of carbonyl (C=O) groups excluding carboxylic acids is 4. The van der Waals surface area contributed by atoms with E-state index in [9.17, 15) is 19.2 Å². The lowest BCUT2D eigenvalue weighted by Gasteiger charge is -2.18. The number of hydrogen-bond donors (Lipinski definition) is 3. The standard InChI is InChI=1S/C43H41N3O6S2/c1-3-51-35-24-13-11-20-30(35)26-34(45-39(47)29-18-9-6-10-19-29)40(48)44-31-21-15-22-32(27-31)53-38(28-16-7-5-8-17-28)41(49)46-42-37(43(50)52-4-2)33-23-12-14-25-36(33)54-42/h5-11,13,15-22,24,26-27,38H,3-4,12,14,23,25H2,1-2H3,(H,44,48)(H,45,47)(H,46,49)/b34-26+. The summed E-state index contributed by atoms with van der Waals surface area (Å²) in [5.41, 5.74) is 3.71. The fourth-order valence-electron chi connectivity index (χ4n) is 6.12. The van der Waals surface area contributed by atoms with Crippen LogP contribution in [0.4, 0.5) is 10.7 Å². The third-order valence-electron chi connectivity index (χ3n) is 8.62. The maximum atomic E-state index is 14.2. The Balaban J connectivity index is 1.26. The van der Waals surface area contributed by atoms with Crippen molar-refractivity contribution in [3.8, 4) is 5.75 Å². The van der Waals surface area contributed by atoms with E-state index in [1.54, 1.807) is 67.6 Å². The van der Waals surface area contributed by atoms with Crippen molar-refractivity contribution >= 4 is 63.6 Å². The first-order chi connectivity index (χ1) is 26.3. The highest BCUT2D eigenvalue weighted by atomic mass is 32.2. The fraction of sp³-hybridized carbons (Fsp3) is 0.209. The molecular formula is C43H41N3O6S2. The number of hydrogen-bond acceptors (Lipinski definition) is 8. The van der Waals surface area contributed by atoms with E-state index in [0.717, 1.165) is 41.7 Å². The van der Waals surface area contributed by atoms with Crippen LogP contribution in [0, 0.1) is 0 Å². The van der Waals surface area contributed by atoms with Gasteiger partial charge in [-0.2, -0.15) is 0 Å². The number of esters is 1. The van der Waals surface area contributed by atoms with Crippen molar-refractivity contribution < 1.29 is 28.7 Å². The molecule has 1 unspecified atom stereocenters. The van der Waals surface area contributed by atoms with Gasteiger partial charge in [0.05, 0.1) is 18.8 Å². The van der Waals surface area contributed by atoms with E-state index in [0.29, 0.717) is 44.6 Å². The number of nitrogens with one attached hydrogen (secondary N) is 3. The Labute approximate surface area is 323 Å². The number of amides is 3. The number of carbonyl (C=O) groups is 4. The summed E-state index contributed by atoms with van der Waals surface area (Å²) in [5, 5.41) is 8.61. The Bertz CT molecular complexity index is 2150. The van der Waals surface area contributed by atoms with Crippen molar-refractivity contribution in [1.29, 1.82) is 0 Å². The summed E-state index contributed by atoms with van der Waals surface area (Å²) in [7, 11) is 0. The molecule has 276 valence electrons. The minimum Gasteiger partial charge on any atom is -0.493 e. The fourth-order valence-corrected chi connectivity index (χ4v) is 8.48. The van der Waals surface area contributed by atoms with Crippen LogP contribution >= 0.6 is 23.1 Å². The van der Waals surface area contributed by atoms with Gasteiger partial charge in [-0.3, -0.25) is 14.4 Å². The second-order valence-electron chi connectivity index (χ2n) is 12.4. The van der Waals surface area contributed by atoms with Gasteiger partial charge in [0.2, 0.25) is 5.91 Å². The number of fused-ring (bicyclic) bond motifs is 1. The molecule has 9 nitrogen and oxygen atoms in total. The highest BCUT2D eigenvalue weighted by Crippen LogP contribution is 2.41. The van der Waals surface area contributed by atoms with Crippen LogP contribution in [0.5, 0.6) is 5.75 Å². The first kappa shape index (κ1) is 38.1. The van der Waals surface area contributed by atoms with Crippen LogP contribution in [-0.4, -0.2) is 36.9 Å². The Morgan fingerprint density at radius 2 is 1.54 bits per heavy atom. The molecule has 0 bridgehead atoms. The van der Waals surface area contributed by atoms with E-state index in [2.05, 4.69) is 16.0 Å². The number of benzene rings is 4. The summed E-state index contributed by atoms with van der Waals surface area (Å²) in [5.74, 6) is -1.12. The molecule has 0 spiro atoms. The predicted molar refractivity (Wildman–Crippen MR) is 215 cm³/mol. The van der Waals surface area contributed by atoms with E-state index >= 15 is 0 Å². The van der Waals surface area contributed by atoms with Crippen molar-refractivity contribution in [1.82, 2.24) is 5.32 Å². The topological polar surface area (TPSA) is 123 Å². The zero-order valence-electron chi connectivity index (χ0n) is 30.1. The predicted octanol–water partition coefficient (Wildman–Crippen LogP) is 9.08. The number of rotatable bonds is 14. The van der Waals surface area contributed by atoms with Crippen molar-refractivity contribution in [2.24, 2.45) is 0 Å². The molecule has 0 fully saturated rings. The minimum atomic E-state index is -0.693. The van der Waals surface area contributed by atoms with E-state index in [1.807, 2.05) is 61.5 Å². The molecule has 0 saturated carbocycles. The van der Waals surface area contributed by atoms with Crippen LogP contribution < -0.4 is 20.7 Å². The van der Waals surface area contributed by atoms with Gasteiger partial charge in [-0.05, 0) is 93.1 Å². The minimum absolute atomic E-state index is 0.0200. The van der Waals surface area contributed by atoms with Gasteiger partial charge in [0, 0.05) is 26.6 Å². The van der Waals surface area contributed by atoms with Gasteiger partial charge in [-0.25, -0.2) is 4.79 Å². The lowest BCUT2D eigenvalue weighted by molar-refractivity contribution is -0.116. The van der Waals surface area contributed by atoms with Gasteiger partial charge in [0.15, 0.2) is 0 Å². The molecule has 4 aromatic carbocycles. The van der Waals surface area contributed by atoms with Crippen molar-refractivity contribution in [2.75, 3.05) is 23.8 Å². The smallest absolute Gasteiger partial charge is 0.341 e. The maximum absolute atomic E-state index is 14.2. The number of ether oxygens (including phenoxy) is 2. The van der Waals surface area contributed by atoms with Crippen LogP contribution in [0.2, 0.25) is 0 Å². The Kier molecular flexibility index (Phi) is 13.0. The number of thiophene rings is 1. The molecule has 0 saturated heterocycles. The molecule has 0 radical (unpaired) electrons. The molecule has 1 aliphatic rings. The molecule has 3 N–H and O–H groups in total. The monoisotopic (exact) mass is 759 g/mol. The Hall–Kier alpha value is -5.65. The van der Waals surface area contributed by atoms with Crippen LogP contribution in [0.15, 0.2) is 120 Å². The van der Waals surface area contributed by atoms with Gasteiger partial charge in [0.1, 0.15) is 21.7 Å². The maximum Gasteiger partial charge on any atom is 0.341 e. The first-order valence-corrected chi connectivity index (χ1v) is 19.6. The largest absolute Gasteiger partial charge is 0.493 e. The average Bonchev–Trinajstić information content (AvgIpc) is 3.56. The van der Waals surface area contributed by atoms with E-state index in [1.165, 1.54) is 23.1 Å². The van der Waals surface area contributed by atoms with Crippen molar-refractivity contribution in [3.05, 3.63) is 148 Å². The summed E-state index contributed by atoms with van der Waals surface area (Å²) < 4.78 is 11.2. The number of thioether (sulfide) groups is 1. The molecular weight excluding hydrogens is 719 g/mol.